The average molecular weight is 246 g/mol. The first-order chi connectivity index (χ1) is 8.72. The van der Waals surface area contributed by atoms with Crippen LogP contribution in [-0.2, 0) is 0 Å². The fourth-order valence-electron chi connectivity index (χ4n) is 1.44. The van der Waals surface area contributed by atoms with E-state index in [9.17, 15) is 4.39 Å². The van der Waals surface area contributed by atoms with Gasteiger partial charge in [0.05, 0.1) is 0 Å². The monoisotopic (exact) mass is 246 g/mol. The summed E-state index contributed by atoms with van der Waals surface area (Å²) < 4.78 is 22.9. The smallest absolute Gasteiger partial charge is 0.316 e. The Kier molecular flexibility index (Phi) is 2.36. The van der Waals surface area contributed by atoms with Crippen molar-refractivity contribution in [3.05, 3.63) is 35.9 Å². The summed E-state index contributed by atoms with van der Waals surface area (Å²) in [5.41, 5.74) is 0.515. The summed E-state index contributed by atoms with van der Waals surface area (Å²) in [6, 6.07) is 5.90. The molecule has 2 heterocycles. The van der Waals surface area contributed by atoms with Gasteiger partial charge in [-0.05, 0) is 19.1 Å². The molecule has 0 saturated carbocycles. The van der Waals surface area contributed by atoms with Gasteiger partial charge in [-0.2, -0.15) is 9.97 Å². The summed E-state index contributed by atoms with van der Waals surface area (Å²) in [5, 5.41) is 7.35. The molecule has 0 aliphatic heterocycles. The molecule has 0 fully saturated rings. The van der Waals surface area contributed by atoms with Gasteiger partial charge in [0.1, 0.15) is 5.82 Å². The van der Waals surface area contributed by atoms with Crippen molar-refractivity contribution in [2.24, 2.45) is 0 Å². The zero-order valence-corrected chi connectivity index (χ0v) is 9.29. The number of benzene rings is 1. The van der Waals surface area contributed by atoms with Crippen molar-refractivity contribution >= 4 is 0 Å². The highest BCUT2D eigenvalue weighted by molar-refractivity contribution is 5.56. The quantitative estimate of drug-likeness (QED) is 0.690. The van der Waals surface area contributed by atoms with Crippen LogP contribution in [0.2, 0.25) is 0 Å². The summed E-state index contributed by atoms with van der Waals surface area (Å²) in [4.78, 5) is 8.02. The summed E-state index contributed by atoms with van der Waals surface area (Å²) >= 11 is 0. The molecule has 1 aromatic carbocycles. The molecule has 7 heteroatoms. The molecule has 0 amide bonds. The normalized spacial score (nSPS) is 10.8. The number of hydrogen-bond donors (Lipinski definition) is 0. The summed E-state index contributed by atoms with van der Waals surface area (Å²) in [5.74, 6) is 0.612. The molecule has 0 bridgehead atoms. The van der Waals surface area contributed by atoms with Crippen LogP contribution in [0.15, 0.2) is 33.3 Å². The first kappa shape index (κ1) is 10.6. The highest BCUT2D eigenvalue weighted by atomic mass is 19.1. The third-order valence-corrected chi connectivity index (χ3v) is 2.22. The van der Waals surface area contributed by atoms with Gasteiger partial charge in [-0.25, -0.2) is 4.39 Å². The SMILES string of the molecule is Cc1noc(-c2nc(-c3cccc(F)c3)no2)n1. The molecule has 0 aliphatic rings. The Bertz CT molecular complexity index is 692. The number of nitrogens with zero attached hydrogens (tertiary/aromatic N) is 4. The molecule has 2 aromatic heterocycles. The van der Waals surface area contributed by atoms with Gasteiger partial charge in [-0.3, -0.25) is 0 Å². The van der Waals surface area contributed by atoms with Gasteiger partial charge < -0.3 is 9.05 Å². The second-order valence-electron chi connectivity index (χ2n) is 3.58. The van der Waals surface area contributed by atoms with E-state index in [1.165, 1.54) is 12.1 Å². The molecule has 0 atom stereocenters. The minimum Gasteiger partial charge on any atom is -0.329 e. The summed E-state index contributed by atoms with van der Waals surface area (Å²) in [7, 11) is 0. The topological polar surface area (TPSA) is 77.8 Å². The molecule has 0 saturated heterocycles. The minimum atomic E-state index is -0.368. The van der Waals surface area contributed by atoms with E-state index in [2.05, 4.69) is 20.3 Å². The van der Waals surface area contributed by atoms with Crippen molar-refractivity contribution in [3.63, 3.8) is 0 Å². The van der Waals surface area contributed by atoms with E-state index in [-0.39, 0.29) is 23.4 Å². The van der Waals surface area contributed by atoms with Crippen molar-refractivity contribution in [2.75, 3.05) is 0 Å². The van der Waals surface area contributed by atoms with E-state index < -0.39 is 0 Å². The minimum absolute atomic E-state index is 0.106. The maximum atomic E-state index is 13.1. The number of hydrogen-bond acceptors (Lipinski definition) is 6. The lowest BCUT2D eigenvalue weighted by atomic mass is 10.2. The van der Waals surface area contributed by atoms with Crippen LogP contribution in [-0.4, -0.2) is 20.3 Å². The fraction of sp³-hybridized carbons (Fsp3) is 0.0909. The molecule has 18 heavy (non-hydrogen) atoms. The largest absolute Gasteiger partial charge is 0.329 e. The predicted molar refractivity (Wildman–Crippen MR) is 57.7 cm³/mol. The van der Waals surface area contributed by atoms with Crippen molar-refractivity contribution in [1.82, 2.24) is 20.3 Å². The molecule has 0 aliphatic carbocycles. The van der Waals surface area contributed by atoms with E-state index >= 15 is 0 Å². The molecule has 0 unspecified atom stereocenters. The summed E-state index contributed by atoms with van der Waals surface area (Å²) in [6.07, 6.45) is 0. The van der Waals surface area contributed by atoms with E-state index in [0.717, 1.165) is 0 Å². The van der Waals surface area contributed by atoms with Crippen molar-refractivity contribution in [1.29, 1.82) is 0 Å². The third-order valence-electron chi connectivity index (χ3n) is 2.22. The average Bonchev–Trinajstić information content (AvgIpc) is 2.97. The fourth-order valence-corrected chi connectivity index (χ4v) is 1.44. The molecule has 6 nitrogen and oxygen atoms in total. The van der Waals surface area contributed by atoms with Crippen LogP contribution >= 0.6 is 0 Å². The Hall–Kier alpha value is -2.57. The molecule has 3 aromatic rings. The van der Waals surface area contributed by atoms with Gasteiger partial charge in [-0.1, -0.05) is 22.4 Å². The zero-order valence-electron chi connectivity index (χ0n) is 9.29. The lowest BCUT2D eigenvalue weighted by Gasteiger charge is -1.92. The van der Waals surface area contributed by atoms with Gasteiger partial charge in [-0.15, -0.1) is 0 Å². The van der Waals surface area contributed by atoms with Crippen molar-refractivity contribution in [2.45, 2.75) is 6.92 Å². The first-order valence-corrected chi connectivity index (χ1v) is 5.13. The van der Waals surface area contributed by atoms with E-state index in [0.29, 0.717) is 11.4 Å². The standard InChI is InChI=1S/C11H7FN4O2/c1-6-13-10(17-15-6)11-14-9(16-18-11)7-3-2-4-8(12)5-7/h2-5H,1H3. The molecule has 0 radical (unpaired) electrons. The lowest BCUT2D eigenvalue weighted by molar-refractivity contribution is 0.381. The zero-order chi connectivity index (χ0) is 12.5. The third kappa shape index (κ3) is 1.86. The highest BCUT2D eigenvalue weighted by Crippen LogP contribution is 2.21. The lowest BCUT2D eigenvalue weighted by Crippen LogP contribution is -1.82. The van der Waals surface area contributed by atoms with Crippen LogP contribution in [0.1, 0.15) is 5.82 Å². The highest BCUT2D eigenvalue weighted by Gasteiger charge is 2.16. The van der Waals surface area contributed by atoms with Gasteiger partial charge in [0, 0.05) is 5.56 Å². The van der Waals surface area contributed by atoms with Crippen molar-refractivity contribution in [3.8, 4) is 23.2 Å². The van der Waals surface area contributed by atoms with Crippen LogP contribution in [0.5, 0.6) is 0 Å². The summed E-state index contributed by atoms with van der Waals surface area (Å²) in [6.45, 7) is 1.68. The van der Waals surface area contributed by atoms with Crippen LogP contribution in [0, 0.1) is 12.7 Å². The van der Waals surface area contributed by atoms with Crippen LogP contribution in [0.3, 0.4) is 0 Å². The predicted octanol–water partition coefficient (Wildman–Crippen LogP) is 2.23. The van der Waals surface area contributed by atoms with E-state index in [1.54, 1.807) is 19.1 Å². The maximum absolute atomic E-state index is 13.1. The Morgan fingerprint density at radius 3 is 2.56 bits per heavy atom. The molecule has 3 rings (SSSR count). The number of aromatic nitrogens is 4. The molecular weight excluding hydrogens is 239 g/mol. The van der Waals surface area contributed by atoms with Gasteiger partial charge in [0.2, 0.25) is 5.82 Å². The number of rotatable bonds is 2. The second kappa shape index (κ2) is 4.02. The molecular formula is C11H7FN4O2. The Balaban J connectivity index is 1.99. The number of halogens is 1. The Morgan fingerprint density at radius 1 is 1.06 bits per heavy atom. The van der Waals surface area contributed by atoms with Gasteiger partial charge in [0.25, 0.3) is 0 Å². The second-order valence-corrected chi connectivity index (χ2v) is 3.58. The first-order valence-electron chi connectivity index (χ1n) is 5.13. The van der Waals surface area contributed by atoms with E-state index in [1.807, 2.05) is 0 Å². The Labute approximate surface area is 100 Å². The molecule has 90 valence electrons. The van der Waals surface area contributed by atoms with Crippen LogP contribution < -0.4 is 0 Å². The van der Waals surface area contributed by atoms with Gasteiger partial charge >= 0.3 is 11.8 Å². The number of aryl methyl sites for hydroxylation is 1. The van der Waals surface area contributed by atoms with Crippen molar-refractivity contribution < 1.29 is 13.4 Å². The molecule has 0 spiro atoms. The Morgan fingerprint density at radius 2 is 1.83 bits per heavy atom. The van der Waals surface area contributed by atoms with Crippen LogP contribution in [0.4, 0.5) is 4.39 Å². The molecule has 0 N–H and O–H groups in total. The van der Waals surface area contributed by atoms with Gasteiger partial charge in [0.15, 0.2) is 5.82 Å². The maximum Gasteiger partial charge on any atom is 0.316 e. The van der Waals surface area contributed by atoms with Crippen LogP contribution in [0.25, 0.3) is 23.2 Å². The van der Waals surface area contributed by atoms with E-state index in [4.69, 9.17) is 9.05 Å².